The van der Waals surface area contributed by atoms with E-state index in [2.05, 4.69) is 14.7 Å². The normalized spacial score (nSPS) is 11.3. The van der Waals surface area contributed by atoms with Gasteiger partial charge in [0, 0.05) is 6.20 Å². The maximum atomic E-state index is 12.2. The fourth-order valence-corrected chi connectivity index (χ4v) is 3.17. The summed E-state index contributed by atoms with van der Waals surface area (Å²) in [5.74, 6) is -0.179. The van der Waals surface area contributed by atoms with Crippen molar-refractivity contribution in [3.05, 3.63) is 39.6 Å². The molecular weight excluding hydrogens is 347 g/mol. The highest BCUT2D eigenvalue weighted by Crippen LogP contribution is 2.33. The fraction of sp³-hybridized carbons (Fsp3) is 0. The minimum absolute atomic E-state index is 0.0248. The fourth-order valence-electron chi connectivity index (χ4n) is 1.32. The van der Waals surface area contributed by atoms with Crippen LogP contribution in [-0.4, -0.2) is 18.4 Å². The molecule has 1 aromatic heterocycles. The van der Waals surface area contributed by atoms with Crippen molar-refractivity contribution in [1.29, 1.82) is 0 Å². The predicted molar refractivity (Wildman–Crippen MR) is 78.7 cm³/mol. The van der Waals surface area contributed by atoms with Crippen molar-refractivity contribution in [2.45, 2.75) is 4.90 Å². The van der Waals surface area contributed by atoms with Gasteiger partial charge in [-0.3, -0.25) is 0 Å². The summed E-state index contributed by atoms with van der Waals surface area (Å²) in [7, 11) is -4.00. The van der Waals surface area contributed by atoms with Gasteiger partial charge in [-0.15, -0.1) is 0 Å². The molecule has 0 saturated heterocycles. The van der Waals surface area contributed by atoms with Crippen molar-refractivity contribution in [2.75, 3.05) is 10.5 Å². The summed E-state index contributed by atoms with van der Waals surface area (Å²) in [4.78, 5) is 7.22. The zero-order valence-electron chi connectivity index (χ0n) is 9.64. The Bertz CT molecular complexity index is 767. The summed E-state index contributed by atoms with van der Waals surface area (Å²) >= 11 is 17.3. The average Bonchev–Trinajstić information content (AvgIpc) is 2.35. The second-order valence-corrected chi connectivity index (χ2v) is 6.40. The van der Waals surface area contributed by atoms with E-state index in [0.717, 1.165) is 0 Å². The van der Waals surface area contributed by atoms with Crippen LogP contribution in [0.5, 0.6) is 0 Å². The second-order valence-electron chi connectivity index (χ2n) is 3.58. The molecule has 1 aromatic carbocycles. The number of anilines is 2. The maximum Gasteiger partial charge on any atom is 0.265 e. The Kier molecular flexibility index (Phi) is 4.24. The Morgan fingerprint density at radius 1 is 1.15 bits per heavy atom. The molecule has 1 heterocycles. The number of benzene rings is 1. The van der Waals surface area contributed by atoms with Crippen molar-refractivity contribution in [2.24, 2.45) is 0 Å². The molecule has 0 aliphatic heterocycles. The van der Waals surface area contributed by atoms with Crippen LogP contribution in [0.3, 0.4) is 0 Å². The first-order chi connectivity index (χ1) is 9.31. The third-order valence-electron chi connectivity index (χ3n) is 2.23. The highest BCUT2D eigenvalue weighted by atomic mass is 35.5. The minimum Gasteiger partial charge on any atom is -0.396 e. The van der Waals surface area contributed by atoms with Crippen molar-refractivity contribution >= 4 is 56.5 Å². The van der Waals surface area contributed by atoms with Gasteiger partial charge in [0.05, 0.1) is 15.7 Å². The summed E-state index contributed by atoms with van der Waals surface area (Å²) in [6.07, 6.45) is 1.31. The molecule has 0 radical (unpaired) electrons. The second kappa shape index (κ2) is 5.61. The largest absolute Gasteiger partial charge is 0.396 e. The van der Waals surface area contributed by atoms with Gasteiger partial charge < -0.3 is 5.73 Å². The van der Waals surface area contributed by atoms with Crippen LogP contribution in [0.2, 0.25) is 15.2 Å². The lowest BCUT2D eigenvalue weighted by atomic mass is 10.3. The van der Waals surface area contributed by atoms with Gasteiger partial charge >= 0.3 is 0 Å². The highest BCUT2D eigenvalue weighted by Gasteiger charge is 2.21. The molecule has 0 atom stereocenters. The predicted octanol–water partition coefficient (Wildman–Crippen LogP) is 2.82. The highest BCUT2D eigenvalue weighted by molar-refractivity contribution is 7.92. The Morgan fingerprint density at radius 2 is 1.85 bits per heavy atom. The van der Waals surface area contributed by atoms with Gasteiger partial charge in [-0.05, 0) is 18.2 Å². The summed E-state index contributed by atoms with van der Waals surface area (Å²) in [6.45, 7) is 0. The molecule has 6 nitrogen and oxygen atoms in total. The van der Waals surface area contributed by atoms with Crippen LogP contribution in [-0.2, 0) is 10.0 Å². The van der Waals surface area contributed by atoms with Crippen LogP contribution >= 0.6 is 34.8 Å². The van der Waals surface area contributed by atoms with Gasteiger partial charge in [0.25, 0.3) is 10.0 Å². The van der Waals surface area contributed by atoms with E-state index in [9.17, 15) is 8.42 Å². The first-order valence-electron chi connectivity index (χ1n) is 5.06. The van der Waals surface area contributed by atoms with Crippen molar-refractivity contribution in [3.63, 3.8) is 0 Å². The van der Waals surface area contributed by atoms with Crippen molar-refractivity contribution < 1.29 is 8.42 Å². The monoisotopic (exact) mass is 352 g/mol. The third-order valence-corrected chi connectivity index (χ3v) is 4.66. The average molecular weight is 354 g/mol. The number of hydrogen-bond donors (Lipinski definition) is 2. The number of rotatable bonds is 3. The van der Waals surface area contributed by atoms with Gasteiger partial charge in [-0.2, -0.15) is 0 Å². The molecule has 3 N–H and O–H groups in total. The number of hydrogen-bond acceptors (Lipinski definition) is 5. The van der Waals surface area contributed by atoms with Crippen LogP contribution < -0.4 is 10.5 Å². The summed E-state index contributed by atoms with van der Waals surface area (Å²) in [5.41, 5.74) is 5.56. The molecule has 0 saturated carbocycles. The topological polar surface area (TPSA) is 98.0 Å². The van der Waals surface area contributed by atoms with E-state index in [0.29, 0.717) is 0 Å². The Labute approximate surface area is 129 Å². The first kappa shape index (κ1) is 15.1. The molecule has 0 aliphatic rings. The molecule has 106 valence electrons. The zero-order valence-corrected chi connectivity index (χ0v) is 12.7. The summed E-state index contributed by atoms with van der Waals surface area (Å²) in [6, 6.07) is 3.97. The Balaban J connectivity index is 2.44. The van der Waals surface area contributed by atoms with Gasteiger partial charge in [-0.1, -0.05) is 34.8 Å². The van der Waals surface area contributed by atoms with E-state index in [-0.39, 0.29) is 31.7 Å². The van der Waals surface area contributed by atoms with E-state index in [1.54, 1.807) is 0 Å². The smallest absolute Gasteiger partial charge is 0.265 e. The van der Waals surface area contributed by atoms with E-state index < -0.39 is 10.0 Å². The van der Waals surface area contributed by atoms with E-state index in [4.69, 9.17) is 40.5 Å². The lowest BCUT2D eigenvalue weighted by Gasteiger charge is -2.10. The van der Waals surface area contributed by atoms with E-state index in [1.165, 1.54) is 24.4 Å². The first-order valence-corrected chi connectivity index (χ1v) is 7.68. The Morgan fingerprint density at radius 3 is 2.50 bits per heavy atom. The molecule has 0 spiro atoms. The standard InChI is InChI=1S/C10H7Cl3N4O2S/c11-5-1-2-6(8(13)9(5)14)20(18,19)17-10-15-4-3-7(12)16-10/h1-4H,14H2,(H,15,16,17). The molecular formula is C10H7Cl3N4O2S. The molecule has 0 amide bonds. The van der Waals surface area contributed by atoms with Crippen molar-refractivity contribution in [1.82, 2.24) is 9.97 Å². The number of nitrogen functional groups attached to an aromatic ring is 1. The molecule has 0 fully saturated rings. The van der Waals surface area contributed by atoms with Crippen LogP contribution in [0.1, 0.15) is 0 Å². The van der Waals surface area contributed by atoms with Gasteiger partial charge in [0.1, 0.15) is 10.0 Å². The number of aromatic nitrogens is 2. The molecule has 0 aliphatic carbocycles. The molecule has 10 heteroatoms. The number of sulfonamides is 1. The number of nitrogens with one attached hydrogen (secondary N) is 1. The lowest BCUT2D eigenvalue weighted by molar-refractivity contribution is 0.601. The summed E-state index contributed by atoms with van der Waals surface area (Å²) in [5, 5.41) is 0.0828. The zero-order chi connectivity index (χ0) is 14.9. The quantitative estimate of drug-likeness (QED) is 0.653. The molecule has 0 unspecified atom stereocenters. The number of nitrogens with two attached hydrogens (primary N) is 1. The van der Waals surface area contributed by atoms with Crippen LogP contribution in [0.4, 0.5) is 11.6 Å². The molecule has 2 rings (SSSR count). The lowest BCUT2D eigenvalue weighted by Crippen LogP contribution is -2.16. The van der Waals surface area contributed by atoms with Crippen molar-refractivity contribution in [3.8, 4) is 0 Å². The number of halogens is 3. The summed E-state index contributed by atoms with van der Waals surface area (Å²) < 4.78 is 26.5. The van der Waals surface area contributed by atoms with Gasteiger partial charge in [-0.25, -0.2) is 23.1 Å². The maximum absolute atomic E-state index is 12.2. The van der Waals surface area contributed by atoms with E-state index in [1.807, 2.05) is 0 Å². The van der Waals surface area contributed by atoms with Gasteiger partial charge in [0.15, 0.2) is 0 Å². The third kappa shape index (κ3) is 3.06. The van der Waals surface area contributed by atoms with Gasteiger partial charge in [0.2, 0.25) is 5.95 Å². The molecule has 0 bridgehead atoms. The molecule has 20 heavy (non-hydrogen) atoms. The number of nitrogens with zero attached hydrogens (tertiary/aromatic N) is 2. The molecule has 2 aromatic rings. The van der Waals surface area contributed by atoms with Crippen LogP contribution in [0, 0.1) is 0 Å². The van der Waals surface area contributed by atoms with E-state index >= 15 is 0 Å². The van der Waals surface area contributed by atoms with Crippen LogP contribution in [0.15, 0.2) is 29.3 Å². The Hall–Kier alpha value is -1.28. The van der Waals surface area contributed by atoms with Crippen LogP contribution in [0.25, 0.3) is 0 Å². The SMILES string of the molecule is Nc1c(Cl)ccc(S(=O)(=O)Nc2nccc(Cl)n2)c1Cl. The minimum atomic E-state index is -4.00.